The van der Waals surface area contributed by atoms with Crippen molar-refractivity contribution in [3.63, 3.8) is 0 Å². The van der Waals surface area contributed by atoms with E-state index in [4.69, 9.17) is 20.8 Å². The first-order valence-corrected chi connectivity index (χ1v) is 13.0. The van der Waals surface area contributed by atoms with E-state index >= 15 is 0 Å². The van der Waals surface area contributed by atoms with E-state index < -0.39 is 20.5 Å². The summed E-state index contributed by atoms with van der Waals surface area (Å²) in [5.74, 6) is 5.35. The summed E-state index contributed by atoms with van der Waals surface area (Å²) in [5.41, 5.74) is 11.1. The van der Waals surface area contributed by atoms with Gasteiger partial charge in [-0.3, -0.25) is 19.5 Å². The van der Waals surface area contributed by atoms with E-state index in [1.807, 2.05) is 42.5 Å². The van der Waals surface area contributed by atoms with E-state index in [1.54, 1.807) is 10.9 Å². The molecule has 190 valence electrons. The highest BCUT2D eigenvalue weighted by Gasteiger charge is 2.43. The smallest absolute Gasteiger partial charge is 0.290 e. The zero-order valence-electron chi connectivity index (χ0n) is 19.9. The molecule has 1 amide bonds. The van der Waals surface area contributed by atoms with Crippen LogP contribution in [0.1, 0.15) is 42.9 Å². The lowest BCUT2D eigenvalue weighted by molar-refractivity contribution is -0.131. The molecule has 0 bridgehead atoms. The molecule has 0 spiro atoms. The normalized spacial score (nSPS) is 15.4. The maximum atomic E-state index is 12.1. The molecule has 0 radical (unpaired) electrons. The molecule has 1 aliphatic carbocycles. The van der Waals surface area contributed by atoms with Gasteiger partial charge in [-0.1, -0.05) is 24.0 Å². The number of benzene rings is 2. The SMILES string of the molecule is CC(CCn1cc2cc(C#Cc3ccc(C4(N)CC4)cc3)ccc2n1)(C(=O)NO)S(C)(=O)=O.O=CO. The zero-order chi connectivity index (χ0) is 26.6. The molecule has 1 fully saturated rings. The number of fused-ring (bicyclic) bond motifs is 1. The molecule has 1 heterocycles. The minimum atomic E-state index is -3.76. The van der Waals surface area contributed by atoms with Crippen molar-refractivity contribution in [1.29, 1.82) is 0 Å². The van der Waals surface area contributed by atoms with Gasteiger partial charge in [-0.15, -0.1) is 0 Å². The van der Waals surface area contributed by atoms with Crippen LogP contribution in [0.15, 0.2) is 48.7 Å². The molecule has 3 aromatic rings. The second-order valence-corrected chi connectivity index (χ2v) is 11.4. The van der Waals surface area contributed by atoms with Crippen LogP contribution in [0.2, 0.25) is 0 Å². The molecule has 1 unspecified atom stereocenters. The van der Waals surface area contributed by atoms with Crippen LogP contribution in [0.25, 0.3) is 10.9 Å². The first-order chi connectivity index (χ1) is 17.0. The van der Waals surface area contributed by atoms with Gasteiger partial charge in [0.15, 0.2) is 14.6 Å². The van der Waals surface area contributed by atoms with Gasteiger partial charge in [0.1, 0.15) is 0 Å². The number of carbonyl (C=O) groups excluding carboxylic acids is 1. The Morgan fingerprint density at radius 2 is 1.81 bits per heavy atom. The van der Waals surface area contributed by atoms with Crippen LogP contribution in [0.5, 0.6) is 0 Å². The molecule has 1 aliphatic rings. The lowest BCUT2D eigenvalue weighted by Crippen LogP contribution is -2.49. The predicted octanol–water partition coefficient (Wildman–Crippen LogP) is 1.78. The average molecular weight is 513 g/mol. The number of aromatic nitrogens is 2. The Labute approximate surface area is 209 Å². The lowest BCUT2D eigenvalue weighted by atomic mass is 10.0. The van der Waals surface area contributed by atoms with Gasteiger partial charge in [-0.05, 0) is 62.1 Å². The van der Waals surface area contributed by atoms with Crippen LogP contribution >= 0.6 is 0 Å². The van der Waals surface area contributed by atoms with Crippen molar-refractivity contribution < 1.29 is 28.3 Å². The van der Waals surface area contributed by atoms with Gasteiger partial charge in [0.05, 0.1) is 5.52 Å². The van der Waals surface area contributed by atoms with Crippen LogP contribution in [0.4, 0.5) is 0 Å². The number of rotatable bonds is 6. The molecule has 11 heteroatoms. The minimum absolute atomic E-state index is 0.0427. The molecule has 2 aromatic carbocycles. The topological polar surface area (TPSA) is 165 Å². The molecule has 36 heavy (non-hydrogen) atoms. The van der Waals surface area contributed by atoms with Crippen LogP contribution in [0, 0.1) is 11.8 Å². The van der Waals surface area contributed by atoms with Crippen molar-refractivity contribution in [2.45, 2.75) is 43.0 Å². The van der Waals surface area contributed by atoms with Crippen LogP contribution in [-0.4, -0.2) is 51.9 Å². The molecule has 5 N–H and O–H groups in total. The Morgan fingerprint density at radius 3 is 2.36 bits per heavy atom. The maximum Gasteiger partial charge on any atom is 0.290 e. The van der Waals surface area contributed by atoms with Gasteiger partial charge in [0.25, 0.3) is 12.4 Å². The number of sulfone groups is 1. The van der Waals surface area contributed by atoms with Gasteiger partial charge in [0, 0.05) is 41.0 Å². The summed E-state index contributed by atoms with van der Waals surface area (Å²) < 4.78 is 24.1. The highest BCUT2D eigenvalue weighted by molar-refractivity contribution is 7.92. The number of carboxylic acid groups (broad SMARTS) is 1. The van der Waals surface area contributed by atoms with E-state index in [-0.39, 0.29) is 25.0 Å². The number of hydrogen-bond donors (Lipinski definition) is 4. The van der Waals surface area contributed by atoms with E-state index in [2.05, 4.69) is 16.9 Å². The average Bonchev–Trinajstić information content (AvgIpc) is 3.46. The number of carbonyl (C=O) groups is 2. The number of hydroxylamine groups is 1. The summed E-state index contributed by atoms with van der Waals surface area (Å²) in [6.45, 7) is 1.22. The molecule has 1 aromatic heterocycles. The molecular weight excluding hydrogens is 484 g/mol. The van der Waals surface area contributed by atoms with Gasteiger partial charge in [0.2, 0.25) is 0 Å². The van der Waals surface area contributed by atoms with Gasteiger partial charge < -0.3 is 10.8 Å². The molecule has 1 saturated carbocycles. The summed E-state index contributed by atoms with van der Waals surface area (Å²) >= 11 is 0. The van der Waals surface area contributed by atoms with E-state index in [0.29, 0.717) is 0 Å². The highest BCUT2D eigenvalue weighted by atomic mass is 32.2. The van der Waals surface area contributed by atoms with Crippen LogP contribution in [0.3, 0.4) is 0 Å². The fourth-order valence-corrected chi connectivity index (χ4v) is 4.48. The fraction of sp³-hybridized carbons (Fsp3) is 0.320. The summed E-state index contributed by atoms with van der Waals surface area (Å²) in [6.07, 6.45) is 4.76. The van der Waals surface area contributed by atoms with E-state index in [9.17, 15) is 13.2 Å². The van der Waals surface area contributed by atoms with Crippen molar-refractivity contribution in [3.8, 4) is 11.8 Å². The number of hydrogen-bond acceptors (Lipinski definition) is 7. The monoisotopic (exact) mass is 512 g/mol. The largest absolute Gasteiger partial charge is 0.483 e. The lowest BCUT2D eigenvalue weighted by Gasteiger charge is -2.24. The Hall–Kier alpha value is -3.72. The number of nitrogens with zero attached hydrogens (tertiary/aromatic N) is 2. The summed E-state index contributed by atoms with van der Waals surface area (Å²) in [5, 5.41) is 21.1. The third-order valence-electron chi connectivity index (χ3n) is 6.37. The summed E-state index contributed by atoms with van der Waals surface area (Å²) in [7, 11) is -3.76. The Morgan fingerprint density at radius 1 is 1.22 bits per heavy atom. The van der Waals surface area contributed by atoms with Crippen molar-refractivity contribution >= 4 is 33.1 Å². The third kappa shape index (κ3) is 5.91. The number of nitrogens with two attached hydrogens (primary N) is 1. The third-order valence-corrected chi connectivity index (χ3v) is 8.40. The first-order valence-electron chi connectivity index (χ1n) is 11.1. The van der Waals surface area contributed by atoms with Crippen molar-refractivity contribution in [1.82, 2.24) is 15.3 Å². The molecule has 1 atom stereocenters. The van der Waals surface area contributed by atoms with Gasteiger partial charge in [-0.2, -0.15) is 5.10 Å². The Balaban J connectivity index is 0.00000115. The molecular formula is C25H28N4O6S. The molecule has 10 nitrogen and oxygen atoms in total. The maximum absolute atomic E-state index is 12.1. The quantitative estimate of drug-likeness (QED) is 0.168. The second-order valence-electron chi connectivity index (χ2n) is 8.95. The molecule has 4 rings (SSSR count). The van der Waals surface area contributed by atoms with Crippen molar-refractivity contribution in [2.75, 3.05) is 6.26 Å². The molecule has 0 saturated heterocycles. The second kappa shape index (κ2) is 10.5. The zero-order valence-corrected chi connectivity index (χ0v) is 20.7. The van der Waals surface area contributed by atoms with E-state index in [0.717, 1.165) is 46.7 Å². The highest BCUT2D eigenvalue weighted by Crippen LogP contribution is 2.42. The standard InChI is InChI=1S/C24H26N4O4S.CH2O2/c1-23(22(29)27-30,33(2,31)32)13-14-28-16-19-15-18(7-10-21(19)26-28)4-3-17-5-8-20(9-6-17)24(25)11-12-24;2-1-3/h5-10,15-16,30H,11-14,25H2,1-2H3,(H,27,29);1H,(H,2,3). The van der Waals surface area contributed by atoms with Crippen molar-refractivity contribution in [2.24, 2.45) is 5.73 Å². The Kier molecular flexibility index (Phi) is 7.83. The van der Waals surface area contributed by atoms with Crippen LogP contribution in [-0.2, 0) is 31.5 Å². The first kappa shape index (κ1) is 26.9. The fourth-order valence-electron chi connectivity index (χ4n) is 3.64. The number of nitrogens with one attached hydrogen (secondary N) is 1. The predicted molar refractivity (Wildman–Crippen MR) is 134 cm³/mol. The van der Waals surface area contributed by atoms with Gasteiger partial charge >= 0.3 is 0 Å². The Bertz CT molecular complexity index is 1430. The summed E-state index contributed by atoms with van der Waals surface area (Å²) in [6, 6.07) is 13.7. The minimum Gasteiger partial charge on any atom is -0.483 e. The van der Waals surface area contributed by atoms with E-state index in [1.165, 1.54) is 12.4 Å². The van der Waals surface area contributed by atoms with Crippen LogP contribution < -0.4 is 11.2 Å². The molecule has 0 aliphatic heterocycles. The summed E-state index contributed by atoms with van der Waals surface area (Å²) in [4.78, 5) is 20.3. The number of amides is 1. The number of aryl methyl sites for hydroxylation is 1. The van der Waals surface area contributed by atoms with Crippen molar-refractivity contribution in [3.05, 3.63) is 65.4 Å². The van der Waals surface area contributed by atoms with Gasteiger partial charge in [-0.25, -0.2) is 13.9 Å².